The lowest BCUT2D eigenvalue weighted by molar-refractivity contribution is -0.161. The minimum atomic E-state index is -0.576. The van der Waals surface area contributed by atoms with E-state index in [1.165, 1.54) is 0 Å². The molecule has 0 heterocycles. The van der Waals surface area contributed by atoms with E-state index in [1.54, 1.807) is 20.8 Å². The highest BCUT2D eigenvalue weighted by atomic mass is 32.1. The molecule has 0 aliphatic heterocycles. The standard InChI is InChI=1S/C9H16O4S/c1-9(2,3)13-8(11)6-7(10)12-4-5-14/h14H,4-6H2,1-3H3. The molecule has 0 aromatic carbocycles. The van der Waals surface area contributed by atoms with Crippen LogP contribution in [0.4, 0.5) is 0 Å². The van der Waals surface area contributed by atoms with E-state index in [0.717, 1.165) is 0 Å². The molecule has 0 saturated carbocycles. The Morgan fingerprint density at radius 2 is 1.79 bits per heavy atom. The number of thiol groups is 1. The van der Waals surface area contributed by atoms with Gasteiger partial charge in [-0.1, -0.05) is 0 Å². The Morgan fingerprint density at radius 1 is 1.21 bits per heavy atom. The van der Waals surface area contributed by atoms with E-state index in [9.17, 15) is 9.59 Å². The van der Waals surface area contributed by atoms with Crippen molar-refractivity contribution in [1.82, 2.24) is 0 Å². The van der Waals surface area contributed by atoms with Gasteiger partial charge in [-0.15, -0.1) is 0 Å². The fourth-order valence-electron chi connectivity index (χ4n) is 0.706. The predicted molar refractivity (Wildman–Crippen MR) is 55.3 cm³/mol. The van der Waals surface area contributed by atoms with Crippen molar-refractivity contribution in [2.45, 2.75) is 32.8 Å². The number of hydrogen-bond donors (Lipinski definition) is 1. The fourth-order valence-corrected chi connectivity index (χ4v) is 0.797. The van der Waals surface area contributed by atoms with Gasteiger partial charge in [0.1, 0.15) is 18.6 Å². The minimum absolute atomic E-state index is 0.213. The number of hydrogen-bond acceptors (Lipinski definition) is 5. The van der Waals surface area contributed by atoms with Crippen molar-refractivity contribution in [3.05, 3.63) is 0 Å². The average Bonchev–Trinajstić information content (AvgIpc) is 1.96. The first kappa shape index (κ1) is 13.3. The van der Waals surface area contributed by atoms with E-state index in [4.69, 9.17) is 4.74 Å². The Balaban J connectivity index is 3.78. The zero-order valence-corrected chi connectivity index (χ0v) is 9.60. The molecule has 0 aliphatic carbocycles. The van der Waals surface area contributed by atoms with Crippen molar-refractivity contribution in [1.29, 1.82) is 0 Å². The number of carbonyl (C=O) groups is 2. The molecule has 4 nitrogen and oxygen atoms in total. The summed E-state index contributed by atoms with van der Waals surface area (Å²) in [6.07, 6.45) is -0.342. The van der Waals surface area contributed by atoms with Crippen LogP contribution in [0.3, 0.4) is 0 Å². The van der Waals surface area contributed by atoms with Gasteiger partial charge in [0.15, 0.2) is 0 Å². The van der Waals surface area contributed by atoms with Crippen LogP contribution in [-0.4, -0.2) is 29.9 Å². The van der Waals surface area contributed by atoms with Crippen LogP contribution in [0.25, 0.3) is 0 Å². The van der Waals surface area contributed by atoms with Crippen molar-refractivity contribution < 1.29 is 19.1 Å². The minimum Gasteiger partial charge on any atom is -0.464 e. The third-order valence-corrected chi connectivity index (χ3v) is 1.25. The van der Waals surface area contributed by atoms with Crippen LogP contribution in [0.2, 0.25) is 0 Å². The Hall–Kier alpha value is -0.710. The van der Waals surface area contributed by atoms with E-state index in [2.05, 4.69) is 17.4 Å². The fraction of sp³-hybridized carbons (Fsp3) is 0.778. The van der Waals surface area contributed by atoms with Gasteiger partial charge < -0.3 is 9.47 Å². The third kappa shape index (κ3) is 7.91. The molecule has 0 aromatic heterocycles. The van der Waals surface area contributed by atoms with Gasteiger partial charge in [-0.25, -0.2) is 0 Å². The maximum absolute atomic E-state index is 11.1. The lowest BCUT2D eigenvalue weighted by Crippen LogP contribution is -2.26. The molecule has 0 bridgehead atoms. The predicted octanol–water partition coefficient (Wildman–Crippen LogP) is 1.19. The second kappa shape index (κ2) is 5.90. The van der Waals surface area contributed by atoms with Gasteiger partial charge in [0.25, 0.3) is 0 Å². The topological polar surface area (TPSA) is 52.6 Å². The molecule has 0 aliphatic rings. The van der Waals surface area contributed by atoms with Crippen LogP contribution < -0.4 is 0 Å². The van der Waals surface area contributed by atoms with E-state index in [0.29, 0.717) is 5.75 Å². The van der Waals surface area contributed by atoms with Gasteiger partial charge in [0.05, 0.1) is 0 Å². The van der Waals surface area contributed by atoms with Crippen LogP contribution in [-0.2, 0) is 19.1 Å². The zero-order valence-electron chi connectivity index (χ0n) is 8.70. The summed E-state index contributed by atoms with van der Waals surface area (Å²) < 4.78 is 9.59. The van der Waals surface area contributed by atoms with E-state index >= 15 is 0 Å². The van der Waals surface area contributed by atoms with Gasteiger partial charge >= 0.3 is 11.9 Å². The summed E-state index contributed by atoms with van der Waals surface area (Å²) >= 11 is 3.86. The molecule has 0 atom stereocenters. The van der Waals surface area contributed by atoms with Crippen LogP contribution in [0, 0.1) is 0 Å². The molecular weight excluding hydrogens is 204 g/mol. The number of carbonyl (C=O) groups excluding carboxylic acids is 2. The lowest BCUT2D eigenvalue weighted by Gasteiger charge is -2.18. The lowest BCUT2D eigenvalue weighted by atomic mass is 10.2. The van der Waals surface area contributed by atoms with Gasteiger partial charge in [-0.2, -0.15) is 12.6 Å². The quantitative estimate of drug-likeness (QED) is 0.439. The third-order valence-electron chi connectivity index (χ3n) is 1.06. The first-order valence-electron chi connectivity index (χ1n) is 4.33. The van der Waals surface area contributed by atoms with Crippen molar-refractivity contribution in [3.8, 4) is 0 Å². The molecule has 0 unspecified atom stereocenters. The van der Waals surface area contributed by atoms with E-state index in [-0.39, 0.29) is 13.0 Å². The normalized spacial score (nSPS) is 10.9. The summed E-state index contributed by atoms with van der Waals surface area (Å²) in [5.74, 6) is -0.699. The first-order valence-corrected chi connectivity index (χ1v) is 4.97. The molecule has 5 heteroatoms. The number of ether oxygens (including phenoxy) is 2. The maximum Gasteiger partial charge on any atom is 0.317 e. The second-order valence-corrected chi connectivity index (χ2v) is 4.15. The molecule has 0 N–H and O–H groups in total. The highest BCUT2D eigenvalue weighted by Gasteiger charge is 2.19. The number of esters is 2. The Labute approximate surface area is 89.4 Å². The summed E-state index contributed by atoms with van der Waals surface area (Å²) in [5, 5.41) is 0. The highest BCUT2D eigenvalue weighted by molar-refractivity contribution is 7.80. The molecule has 0 amide bonds. The molecule has 0 fully saturated rings. The first-order chi connectivity index (χ1) is 6.35. The molecule has 0 spiro atoms. The number of rotatable bonds is 4. The summed E-state index contributed by atoms with van der Waals surface area (Å²) in [4.78, 5) is 22.0. The molecule has 0 saturated heterocycles. The van der Waals surface area contributed by atoms with Crippen molar-refractivity contribution >= 4 is 24.6 Å². The van der Waals surface area contributed by atoms with E-state index in [1.807, 2.05) is 0 Å². The summed E-state index contributed by atoms with van der Waals surface area (Å²) in [6.45, 7) is 5.43. The van der Waals surface area contributed by atoms with Crippen molar-refractivity contribution in [2.75, 3.05) is 12.4 Å². The molecule has 82 valence electrons. The van der Waals surface area contributed by atoms with Gasteiger partial charge in [-0.05, 0) is 20.8 Å². The molecule has 0 radical (unpaired) electrons. The van der Waals surface area contributed by atoms with Crippen LogP contribution in [0.5, 0.6) is 0 Å². The summed E-state index contributed by atoms with van der Waals surface area (Å²) in [6, 6.07) is 0. The highest BCUT2D eigenvalue weighted by Crippen LogP contribution is 2.08. The molecule has 0 rings (SSSR count). The Bertz CT molecular complexity index is 207. The van der Waals surface area contributed by atoms with Gasteiger partial charge in [0.2, 0.25) is 0 Å². The molecule has 0 aromatic rings. The molecule has 14 heavy (non-hydrogen) atoms. The van der Waals surface area contributed by atoms with Gasteiger partial charge in [0, 0.05) is 5.75 Å². The largest absolute Gasteiger partial charge is 0.464 e. The second-order valence-electron chi connectivity index (χ2n) is 3.71. The van der Waals surface area contributed by atoms with Crippen LogP contribution >= 0.6 is 12.6 Å². The van der Waals surface area contributed by atoms with Crippen LogP contribution in [0.1, 0.15) is 27.2 Å². The SMILES string of the molecule is CC(C)(C)OC(=O)CC(=O)OCCS. The monoisotopic (exact) mass is 220 g/mol. The smallest absolute Gasteiger partial charge is 0.317 e. The summed E-state index contributed by atoms with van der Waals surface area (Å²) in [7, 11) is 0. The molecular formula is C9H16O4S. The van der Waals surface area contributed by atoms with Crippen molar-refractivity contribution in [3.63, 3.8) is 0 Å². The maximum atomic E-state index is 11.1. The average molecular weight is 220 g/mol. The van der Waals surface area contributed by atoms with E-state index < -0.39 is 17.5 Å². The summed E-state index contributed by atoms with van der Waals surface area (Å²) in [5.41, 5.74) is -0.569. The van der Waals surface area contributed by atoms with Crippen molar-refractivity contribution in [2.24, 2.45) is 0 Å². The Kier molecular flexibility index (Phi) is 5.60. The van der Waals surface area contributed by atoms with Crippen LogP contribution in [0.15, 0.2) is 0 Å². The van der Waals surface area contributed by atoms with Gasteiger partial charge in [-0.3, -0.25) is 9.59 Å². The Morgan fingerprint density at radius 3 is 2.21 bits per heavy atom. The zero-order chi connectivity index (χ0) is 11.2.